The van der Waals surface area contributed by atoms with E-state index in [2.05, 4.69) is 26.2 Å². The normalized spacial score (nSPS) is 10.9. The lowest BCUT2D eigenvalue weighted by Crippen LogP contribution is -1.89. The van der Waals surface area contributed by atoms with Gasteiger partial charge in [0.2, 0.25) is 0 Å². The summed E-state index contributed by atoms with van der Waals surface area (Å²) in [5, 5.41) is 4.56. The molecule has 0 saturated heterocycles. The summed E-state index contributed by atoms with van der Waals surface area (Å²) in [5.41, 5.74) is 1.62. The first-order valence-electron chi connectivity index (χ1n) is 5.40. The molecule has 0 spiro atoms. The maximum atomic E-state index is 13.1. The summed E-state index contributed by atoms with van der Waals surface area (Å²) in [6.45, 7) is 0. The van der Waals surface area contributed by atoms with E-state index in [-0.39, 0.29) is 5.82 Å². The van der Waals surface area contributed by atoms with Crippen LogP contribution in [0, 0.1) is 5.82 Å². The SMILES string of the molecule is Fc1ccc(Nc2nc3cc(Cl)ccc3s2)cc1Br. The number of nitrogens with zero attached hydrogens (tertiary/aromatic N) is 1. The van der Waals surface area contributed by atoms with E-state index >= 15 is 0 Å². The number of rotatable bonds is 2. The molecule has 0 amide bonds. The fourth-order valence-corrected chi connectivity index (χ4v) is 3.06. The maximum absolute atomic E-state index is 13.1. The van der Waals surface area contributed by atoms with Crippen LogP contribution in [0.25, 0.3) is 10.2 Å². The second-order valence-electron chi connectivity index (χ2n) is 3.88. The third-order valence-electron chi connectivity index (χ3n) is 2.52. The summed E-state index contributed by atoms with van der Waals surface area (Å²) in [6.07, 6.45) is 0. The van der Waals surface area contributed by atoms with Crippen molar-refractivity contribution >= 4 is 59.9 Å². The third kappa shape index (κ3) is 2.73. The lowest BCUT2D eigenvalue weighted by atomic mass is 10.3. The van der Waals surface area contributed by atoms with E-state index in [0.29, 0.717) is 9.50 Å². The van der Waals surface area contributed by atoms with Gasteiger partial charge in [-0.3, -0.25) is 0 Å². The number of anilines is 2. The first kappa shape index (κ1) is 12.8. The average molecular weight is 358 g/mol. The van der Waals surface area contributed by atoms with Crippen LogP contribution in [-0.4, -0.2) is 4.98 Å². The molecule has 0 aliphatic carbocycles. The Morgan fingerprint density at radius 1 is 1.21 bits per heavy atom. The van der Waals surface area contributed by atoms with Crippen molar-refractivity contribution in [1.29, 1.82) is 0 Å². The highest BCUT2D eigenvalue weighted by molar-refractivity contribution is 9.10. The smallest absolute Gasteiger partial charge is 0.188 e. The predicted molar refractivity (Wildman–Crippen MR) is 82.0 cm³/mol. The van der Waals surface area contributed by atoms with Crippen molar-refractivity contribution in [3.05, 3.63) is 51.7 Å². The Morgan fingerprint density at radius 2 is 2.05 bits per heavy atom. The monoisotopic (exact) mass is 356 g/mol. The van der Waals surface area contributed by atoms with Crippen LogP contribution >= 0.6 is 38.9 Å². The van der Waals surface area contributed by atoms with Gasteiger partial charge in [0.05, 0.1) is 14.7 Å². The van der Waals surface area contributed by atoms with Gasteiger partial charge in [0, 0.05) is 10.7 Å². The first-order chi connectivity index (χ1) is 9.11. The molecule has 0 aliphatic heterocycles. The van der Waals surface area contributed by atoms with Crippen molar-refractivity contribution in [2.24, 2.45) is 0 Å². The highest BCUT2D eigenvalue weighted by Gasteiger charge is 2.06. The number of hydrogen-bond donors (Lipinski definition) is 1. The minimum absolute atomic E-state index is 0.290. The molecule has 0 radical (unpaired) electrons. The number of hydrogen-bond acceptors (Lipinski definition) is 3. The second kappa shape index (κ2) is 5.07. The molecule has 19 heavy (non-hydrogen) atoms. The molecule has 0 atom stereocenters. The van der Waals surface area contributed by atoms with Gasteiger partial charge in [-0.25, -0.2) is 9.37 Å². The summed E-state index contributed by atoms with van der Waals surface area (Å²) in [6, 6.07) is 10.3. The molecule has 0 unspecified atom stereocenters. The minimum Gasteiger partial charge on any atom is -0.331 e. The van der Waals surface area contributed by atoms with E-state index in [0.717, 1.165) is 21.0 Å². The topological polar surface area (TPSA) is 24.9 Å². The second-order valence-corrected chi connectivity index (χ2v) is 6.21. The molecule has 0 saturated carbocycles. The van der Waals surface area contributed by atoms with Crippen LogP contribution < -0.4 is 5.32 Å². The Labute approximate surface area is 126 Å². The van der Waals surface area contributed by atoms with E-state index in [1.165, 1.54) is 17.4 Å². The number of nitrogens with one attached hydrogen (secondary N) is 1. The number of halogens is 3. The van der Waals surface area contributed by atoms with Crippen molar-refractivity contribution in [2.75, 3.05) is 5.32 Å². The number of fused-ring (bicyclic) bond motifs is 1. The highest BCUT2D eigenvalue weighted by Crippen LogP contribution is 2.30. The Hall–Kier alpha value is -1.17. The van der Waals surface area contributed by atoms with Gasteiger partial charge < -0.3 is 5.32 Å². The predicted octanol–water partition coefficient (Wildman–Crippen LogP) is 5.59. The Balaban J connectivity index is 1.94. The molecular weight excluding hydrogens is 351 g/mol. The lowest BCUT2D eigenvalue weighted by molar-refractivity contribution is 0.621. The zero-order valence-electron chi connectivity index (χ0n) is 9.45. The zero-order chi connectivity index (χ0) is 13.4. The summed E-state index contributed by atoms with van der Waals surface area (Å²) >= 11 is 10.6. The molecular formula is C13H7BrClFN2S. The van der Waals surface area contributed by atoms with Gasteiger partial charge in [0.15, 0.2) is 5.13 Å². The molecule has 96 valence electrons. The summed E-state index contributed by atoms with van der Waals surface area (Å²) < 4.78 is 14.6. The Morgan fingerprint density at radius 3 is 2.84 bits per heavy atom. The number of aromatic nitrogens is 1. The van der Waals surface area contributed by atoms with Gasteiger partial charge >= 0.3 is 0 Å². The molecule has 6 heteroatoms. The molecule has 0 aliphatic rings. The standard InChI is InChI=1S/C13H7BrClFN2S/c14-9-6-8(2-3-10(9)16)17-13-18-11-5-7(15)1-4-12(11)19-13/h1-6H,(H,17,18). The molecule has 0 bridgehead atoms. The third-order valence-corrected chi connectivity index (χ3v) is 4.32. The van der Waals surface area contributed by atoms with Gasteiger partial charge in [-0.15, -0.1) is 0 Å². The van der Waals surface area contributed by atoms with Crippen LogP contribution in [0.3, 0.4) is 0 Å². The van der Waals surface area contributed by atoms with Crippen molar-refractivity contribution < 1.29 is 4.39 Å². The van der Waals surface area contributed by atoms with E-state index in [9.17, 15) is 4.39 Å². The largest absolute Gasteiger partial charge is 0.331 e. The van der Waals surface area contributed by atoms with Gasteiger partial charge in [-0.05, 0) is 52.3 Å². The molecule has 2 nitrogen and oxygen atoms in total. The van der Waals surface area contributed by atoms with E-state index in [1.807, 2.05) is 18.2 Å². The lowest BCUT2D eigenvalue weighted by Gasteiger charge is -2.03. The van der Waals surface area contributed by atoms with Gasteiger partial charge in [-0.2, -0.15) is 0 Å². The minimum atomic E-state index is -0.290. The highest BCUT2D eigenvalue weighted by atomic mass is 79.9. The Kier molecular flexibility index (Phi) is 3.43. The van der Waals surface area contributed by atoms with E-state index in [4.69, 9.17) is 11.6 Å². The van der Waals surface area contributed by atoms with Gasteiger partial charge in [0.25, 0.3) is 0 Å². The molecule has 1 heterocycles. The van der Waals surface area contributed by atoms with Crippen LogP contribution in [0.2, 0.25) is 5.02 Å². The van der Waals surface area contributed by atoms with Crippen molar-refractivity contribution in [3.8, 4) is 0 Å². The number of thiazole rings is 1. The average Bonchev–Trinajstić information content (AvgIpc) is 2.75. The number of benzene rings is 2. The molecule has 1 N–H and O–H groups in total. The van der Waals surface area contributed by atoms with Crippen LogP contribution in [0.1, 0.15) is 0 Å². The fraction of sp³-hybridized carbons (Fsp3) is 0. The van der Waals surface area contributed by atoms with Crippen LogP contribution in [0.15, 0.2) is 40.9 Å². The van der Waals surface area contributed by atoms with Crippen LogP contribution in [0.5, 0.6) is 0 Å². The summed E-state index contributed by atoms with van der Waals surface area (Å²) in [5.74, 6) is -0.290. The van der Waals surface area contributed by atoms with E-state index in [1.54, 1.807) is 12.1 Å². The quantitative estimate of drug-likeness (QED) is 0.646. The van der Waals surface area contributed by atoms with Crippen LogP contribution in [0.4, 0.5) is 15.2 Å². The molecule has 1 aromatic heterocycles. The first-order valence-corrected chi connectivity index (χ1v) is 7.39. The zero-order valence-corrected chi connectivity index (χ0v) is 12.6. The van der Waals surface area contributed by atoms with Crippen molar-refractivity contribution in [3.63, 3.8) is 0 Å². The fourth-order valence-electron chi connectivity index (χ4n) is 1.65. The van der Waals surface area contributed by atoms with Gasteiger partial charge in [-0.1, -0.05) is 22.9 Å². The summed E-state index contributed by atoms with van der Waals surface area (Å²) in [7, 11) is 0. The Bertz CT molecular complexity index is 759. The summed E-state index contributed by atoms with van der Waals surface area (Å²) in [4.78, 5) is 4.43. The van der Waals surface area contributed by atoms with Gasteiger partial charge in [0.1, 0.15) is 5.82 Å². The molecule has 0 fully saturated rings. The van der Waals surface area contributed by atoms with Crippen LogP contribution in [-0.2, 0) is 0 Å². The van der Waals surface area contributed by atoms with Crippen molar-refractivity contribution in [2.45, 2.75) is 0 Å². The molecule has 3 rings (SSSR count). The van der Waals surface area contributed by atoms with E-state index < -0.39 is 0 Å². The maximum Gasteiger partial charge on any atom is 0.188 e. The van der Waals surface area contributed by atoms with Crippen molar-refractivity contribution in [1.82, 2.24) is 4.98 Å². The molecule has 3 aromatic rings. The molecule has 2 aromatic carbocycles.